The summed E-state index contributed by atoms with van der Waals surface area (Å²) in [6.45, 7) is 2.39. The number of hydrogen-bond acceptors (Lipinski definition) is 3. The van der Waals surface area contributed by atoms with Crippen LogP contribution in [0.5, 0.6) is 5.75 Å². The Morgan fingerprint density at radius 3 is 2.95 bits per heavy atom. The second kappa shape index (κ2) is 6.12. The van der Waals surface area contributed by atoms with Crippen LogP contribution in [0.3, 0.4) is 0 Å². The Balaban J connectivity index is 2.35. The molecule has 1 heterocycles. The fraction of sp³-hybridized carbons (Fsp3) is 0.214. The van der Waals surface area contributed by atoms with Gasteiger partial charge in [-0.05, 0) is 35.0 Å². The average molecular weight is 326 g/mol. The minimum absolute atomic E-state index is 0.254. The van der Waals surface area contributed by atoms with E-state index in [2.05, 4.69) is 20.9 Å². The minimum Gasteiger partial charge on any atom is -0.492 e. The quantitative estimate of drug-likeness (QED) is 0.936. The van der Waals surface area contributed by atoms with E-state index < -0.39 is 11.9 Å². The molecular weight excluding hydrogens is 313 g/mol. The number of halogens is 2. The molecule has 2 rings (SSSR count). The normalized spacial score (nSPS) is 12.2. The number of aromatic nitrogens is 1. The van der Waals surface area contributed by atoms with Gasteiger partial charge in [0.2, 0.25) is 0 Å². The van der Waals surface area contributed by atoms with Gasteiger partial charge in [0.1, 0.15) is 17.7 Å². The highest BCUT2D eigenvalue weighted by atomic mass is 79.9. The maximum Gasteiger partial charge on any atom is 0.137 e. The first-order valence-electron chi connectivity index (χ1n) is 5.83. The van der Waals surface area contributed by atoms with Gasteiger partial charge in [0, 0.05) is 17.3 Å². The Morgan fingerprint density at radius 1 is 1.42 bits per heavy atom. The molecule has 2 aromatic rings. The number of benzene rings is 1. The first-order chi connectivity index (χ1) is 9.13. The highest BCUT2D eigenvalue weighted by Crippen LogP contribution is 2.31. The largest absolute Gasteiger partial charge is 0.492 e. The molecule has 0 saturated heterocycles. The Labute approximate surface area is 119 Å². The maximum absolute atomic E-state index is 13.5. The van der Waals surface area contributed by atoms with Gasteiger partial charge in [0.15, 0.2) is 0 Å². The molecule has 5 heteroatoms. The van der Waals surface area contributed by atoms with E-state index in [9.17, 15) is 9.50 Å². The molecule has 3 nitrogen and oxygen atoms in total. The van der Waals surface area contributed by atoms with Gasteiger partial charge in [0.05, 0.1) is 17.3 Å². The van der Waals surface area contributed by atoms with Crippen molar-refractivity contribution in [3.8, 4) is 5.75 Å². The molecule has 1 atom stereocenters. The summed E-state index contributed by atoms with van der Waals surface area (Å²) in [5.41, 5.74) is 1.01. The smallest absolute Gasteiger partial charge is 0.137 e. The molecule has 1 aromatic carbocycles. The number of nitrogens with zero attached hydrogens (tertiary/aromatic N) is 1. The van der Waals surface area contributed by atoms with Crippen LogP contribution in [-0.4, -0.2) is 16.7 Å². The van der Waals surface area contributed by atoms with Crippen LogP contribution in [0.4, 0.5) is 4.39 Å². The third kappa shape index (κ3) is 3.11. The van der Waals surface area contributed by atoms with Crippen molar-refractivity contribution in [2.75, 3.05) is 6.61 Å². The van der Waals surface area contributed by atoms with Crippen molar-refractivity contribution in [3.05, 3.63) is 58.1 Å². The van der Waals surface area contributed by atoms with Crippen molar-refractivity contribution >= 4 is 15.9 Å². The SMILES string of the molecule is CCOc1cncc(C(O)c2cccc(F)c2Br)c1. The fourth-order valence-electron chi connectivity index (χ4n) is 1.74. The molecule has 0 bridgehead atoms. The Morgan fingerprint density at radius 2 is 2.21 bits per heavy atom. The van der Waals surface area contributed by atoms with Gasteiger partial charge >= 0.3 is 0 Å². The van der Waals surface area contributed by atoms with Gasteiger partial charge in [-0.25, -0.2) is 4.39 Å². The van der Waals surface area contributed by atoms with Crippen LogP contribution < -0.4 is 4.74 Å². The highest BCUT2D eigenvalue weighted by Gasteiger charge is 2.16. The Kier molecular flexibility index (Phi) is 4.50. The standard InChI is InChI=1S/C14H13BrFNO2/c1-2-19-10-6-9(7-17-8-10)14(18)11-4-3-5-12(16)13(11)15/h3-8,14,18H,2H2,1H3. The zero-order valence-electron chi connectivity index (χ0n) is 10.3. The van der Waals surface area contributed by atoms with Crippen LogP contribution in [0.15, 0.2) is 41.1 Å². The number of pyridine rings is 1. The van der Waals surface area contributed by atoms with Crippen molar-refractivity contribution in [2.24, 2.45) is 0 Å². The fourth-order valence-corrected chi connectivity index (χ4v) is 2.22. The summed E-state index contributed by atoms with van der Waals surface area (Å²) >= 11 is 3.14. The minimum atomic E-state index is -0.960. The summed E-state index contributed by atoms with van der Waals surface area (Å²) in [4.78, 5) is 4.01. The molecule has 1 aromatic heterocycles. The van der Waals surface area contributed by atoms with Crippen LogP contribution in [0.25, 0.3) is 0 Å². The highest BCUT2D eigenvalue weighted by molar-refractivity contribution is 9.10. The third-order valence-electron chi connectivity index (χ3n) is 2.64. The van der Waals surface area contributed by atoms with Crippen LogP contribution in [0.1, 0.15) is 24.2 Å². The predicted octanol–water partition coefficient (Wildman–Crippen LogP) is 3.46. The van der Waals surface area contributed by atoms with Crippen LogP contribution >= 0.6 is 15.9 Å². The van der Waals surface area contributed by atoms with Crippen molar-refractivity contribution in [1.29, 1.82) is 0 Å². The zero-order chi connectivity index (χ0) is 13.8. The topological polar surface area (TPSA) is 42.4 Å². The summed E-state index contributed by atoms with van der Waals surface area (Å²) in [6.07, 6.45) is 2.14. The molecule has 0 saturated carbocycles. The first kappa shape index (κ1) is 14.0. The van der Waals surface area contributed by atoms with Crippen molar-refractivity contribution in [2.45, 2.75) is 13.0 Å². The molecule has 0 aliphatic rings. The Hall–Kier alpha value is -1.46. The average Bonchev–Trinajstić information content (AvgIpc) is 2.42. The van der Waals surface area contributed by atoms with E-state index in [1.807, 2.05) is 6.92 Å². The monoisotopic (exact) mass is 325 g/mol. The molecule has 19 heavy (non-hydrogen) atoms. The number of hydrogen-bond donors (Lipinski definition) is 1. The van der Waals surface area contributed by atoms with E-state index in [1.165, 1.54) is 12.3 Å². The summed E-state index contributed by atoms with van der Waals surface area (Å²) < 4.78 is 19.0. The number of ether oxygens (including phenoxy) is 1. The van der Waals surface area contributed by atoms with E-state index in [0.29, 0.717) is 23.5 Å². The van der Waals surface area contributed by atoms with Crippen molar-refractivity contribution < 1.29 is 14.2 Å². The number of aliphatic hydroxyl groups is 1. The van der Waals surface area contributed by atoms with Crippen LogP contribution in [0.2, 0.25) is 0 Å². The summed E-state index contributed by atoms with van der Waals surface area (Å²) in [6, 6.07) is 6.23. The van der Waals surface area contributed by atoms with Gasteiger partial charge in [0.25, 0.3) is 0 Å². The predicted molar refractivity (Wildman–Crippen MR) is 73.6 cm³/mol. The lowest BCUT2D eigenvalue weighted by atomic mass is 10.0. The molecule has 100 valence electrons. The molecule has 0 fully saturated rings. The molecule has 1 unspecified atom stereocenters. The molecule has 0 amide bonds. The van der Waals surface area contributed by atoms with Crippen molar-refractivity contribution in [3.63, 3.8) is 0 Å². The summed E-state index contributed by atoms with van der Waals surface area (Å²) in [5, 5.41) is 10.3. The van der Waals surface area contributed by atoms with Gasteiger partial charge in [-0.15, -0.1) is 0 Å². The maximum atomic E-state index is 13.5. The van der Waals surface area contributed by atoms with E-state index in [4.69, 9.17) is 4.74 Å². The van der Waals surface area contributed by atoms with Gasteiger partial charge < -0.3 is 9.84 Å². The van der Waals surface area contributed by atoms with Gasteiger partial charge in [-0.3, -0.25) is 4.98 Å². The van der Waals surface area contributed by atoms with Gasteiger partial charge in [-0.1, -0.05) is 12.1 Å². The van der Waals surface area contributed by atoms with E-state index in [-0.39, 0.29) is 4.47 Å². The van der Waals surface area contributed by atoms with Crippen molar-refractivity contribution in [1.82, 2.24) is 4.98 Å². The molecule has 0 aliphatic heterocycles. The van der Waals surface area contributed by atoms with E-state index >= 15 is 0 Å². The molecule has 0 spiro atoms. The zero-order valence-corrected chi connectivity index (χ0v) is 11.9. The lowest BCUT2D eigenvalue weighted by molar-refractivity contribution is 0.217. The molecule has 0 radical (unpaired) electrons. The second-order valence-corrected chi connectivity index (χ2v) is 4.73. The van der Waals surface area contributed by atoms with Crippen LogP contribution in [0, 0.1) is 5.82 Å². The van der Waals surface area contributed by atoms with Gasteiger partial charge in [-0.2, -0.15) is 0 Å². The second-order valence-electron chi connectivity index (χ2n) is 3.93. The lowest BCUT2D eigenvalue weighted by Gasteiger charge is -2.14. The van der Waals surface area contributed by atoms with Crippen LogP contribution in [-0.2, 0) is 0 Å². The summed E-state index contributed by atoms with van der Waals surface area (Å²) in [7, 11) is 0. The van der Waals surface area contributed by atoms with E-state index in [0.717, 1.165) is 0 Å². The number of aliphatic hydroxyl groups excluding tert-OH is 1. The molecule has 1 N–H and O–H groups in total. The first-order valence-corrected chi connectivity index (χ1v) is 6.62. The number of rotatable bonds is 4. The molecular formula is C14H13BrFNO2. The summed E-state index contributed by atoms with van der Waals surface area (Å²) in [5.74, 6) is 0.164. The van der Waals surface area contributed by atoms with E-state index in [1.54, 1.807) is 24.4 Å². The molecule has 0 aliphatic carbocycles. The lowest BCUT2D eigenvalue weighted by Crippen LogP contribution is -2.03. The Bertz CT molecular complexity index is 577. The third-order valence-corrected chi connectivity index (χ3v) is 3.47.